The average Bonchev–Trinajstić information content (AvgIpc) is 2.45. The maximum atomic E-state index is 4.66. The summed E-state index contributed by atoms with van der Waals surface area (Å²) in [6, 6.07) is 4.77. The molecule has 0 aromatic carbocycles. The summed E-state index contributed by atoms with van der Waals surface area (Å²) in [7, 11) is 0. The van der Waals surface area contributed by atoms with Crippen molar-refractivity contribution >= 4 is 5.69 Å². The second kappa shape index (κ2) is 8.25. The Kier molecular flexibility index (Phi) is 6.31. The maximum absolute atomic E-state index is 4.66. The molecule has 20 heavy (non-hydrogen) atoms. The standard InChI is InChI=1S/C17H29N3/c1-3-11-18-15(2)17-10-9-16(14-19-17)20-12-7-5-4-6-8-13-20/h9-10,14-15,18H,3-8,11-13H2,1-2H3. The number of hydrogen-bond acceptors (Lipinski definition) is 3. The van der Waals surface area contributed by atoms with E-state index in [9.17, 15) is 0 Å². The van der Waals surface area contributed by atoms with Crippen molar-refractivity contribution < 1.29 is 0 Å². The van der Waals surface area contributed by atoms with Crippen LogP contribution in [-0.2, 0) is 0 Å². The summed E-state index contributed by atoms with van der Waals surface area (Å²) >= 11 is 0. The van der Waals surface area contributed by atoms with Crippen LogP contribution in [-0.4, -0.2) is 24.6 Å². The van der Waals surface area contributed by atoms with Gasteiger partial charge in [0.2, 0.25) is 0 Å². The van der Waals surface area contributed by atoms with Crippen LogP contribution in [0.25, 0.3) is 0 Å². The average molecular weight is 275 g/mol. The van der Waals surface area contributed by atoms with E-state index < -0.39 is 0 Å². The molecule has 1 atom stereocenters. The highest BCUT2D eigenvalue weighted by Gasteiger charge is 2.11. The van der Waals surface area contributed by atoms with Crippen LogP contribution >= 0.6 is 0 Å². The van der Waals surface area contributed by atoms with Gasteiger partial charge in [0.25, 0.3) is 0 Å². The Morgan fingerprint density at radius 1 is 1.15 bits per heavy atom. The van der Waals surface area contributed by atoms with E-state index in [0.717, 1.165) is 18.7 Å². The molecule has 0 aliphatic carbocycles. The van der Waals surface area contributed by atoms with E-state index in [1.165, 1.54) is 50.9 Å². The predicted octanol–water partition coefficient (Wildman–Crippen LogP) is 3.91. The Morgan fingerprint density at radius 3 is 2.45 bits per heavy atom. The predicted molar refractivity (Wildman–Crippen MR) is 86.2 cm³/mol. The lowest BCUT2D eigenvalue weighted by Gasteiger charge is -2.27. The van der Waals surface area contributed by atoms with Gasteiger partial charge >= 0.3 is 0 Å². The number of anilines is 1. The van der Waals surface area contributed by atoms with Gasteiger partial charge in [0.1, 0.15) is 0 Å². The van der Waals surface area contributed by atoms with Crippen molar-refractivity contribution in [1.82, 2.24) is 10.3 Å². The SMILES string of the molecule is CCCNC(C)c1ccc(N2CCCCCCC2)cn1. The van der Waals surface area contributed by atoms with Crippen molar-refractivity contribution in [1.29, 1.82) is 0 Å². The van der Waals surface area contributed by atoms with Crippen molar-refractivity contribution in [2.45, 2.75) is 58.4 Å². The fourth-order valence-electron chi connectivity index (χ4n) is 2.81. The minimum absolute atomic E-state index is 0.344. The van der Waals surface area contributed by atoms with Gasteiger partial charge in [-0.05, 0) is 44.9 Å². The van der Waals surface area contributed by atoms with Gasteiger partial charge in [-0.15, -0.1) is 0 Å². The molecule has 2 rings (SSSR count). The van der Waals surface area contributed by atoms with Crippen LogP contribution in [0.2, 0.25) is 0 Å². The Balaban J connectivity index is 1.95. The minimum Gasteiger partial charge on any atom is -0.370 e. The zero-order valence-corrected chi connectivity index (χ0v) is 13.1. The largest absolute Gasteiger partial charge is 0.370 e. The van der Waals surface area contributed by atoms with Gasteiger partial charge in [0.15, 0.2) is 0 Å². The van der Waals surface area contributed by atoms with Crippen molar-refractivity contribution in [3.8, 4) is 0 Å². The lowest BCUT2D eigenvalue weighted by atomic mass is 10.1. The summed E-state index contributed by atoms with van der Waals surface area (Å²) in [6.45, 7) is 7.80. The molecule has 112 valence electrons. The van der Waals surface area contributed by atoms with E-state index in [1.807, 2.05) is 0 Å². The number of nitrogens with zero attached hydrogens (tertiary/aromatic N) is 2. The van der Waals surface area contributed by atoms with E-state index >= 15 is 0 Å². The molecular weight excluding hydrogens is 246 g/mol. The summed E-state index contributed by atoms with van der Waals surface area (Å²) in [4.78, 5) is 7.16. The molecule has 0 amide bonds. The van der Waals surface area contributed by atoms with Gasteiger partial charge in [-0.3, -0.25) is 4.98 Å². The molecule has 1 unspecified atom stereocenters. The third-order valence-electron chi connectivity index (χ3n) is 4.14. The second-order valence-corrected chi connectivity index (χ2v) is 5.87. The summed E-state index contributed by atoms with van der Waals surface area (Å²) in [6.07, 6.45) is 10.0. The summed E-state index contributed by atoms with van der Waals surface area (Å²) in [5.74, 6) is 0. The number of hydrogen-bond donors (Lipinski definition) is 1. The van der Waals surface area contributed by atoms with E-state index in [4.69, 9.17) is 0 Å². The van der Waals surface area contributed by atoms with Crippen molar-refractivity contribution in [2.24, 2.45) is 0 Å². The first-order valence-electron chi connectivity index (χ1n) is 8.25. The lowest BCUT2D eigenvalue weighted by molar-refractivity contribution is 0.552. The van der Waals surface area contributed by atoms with Gasteiger partial charge < -0.3 is 10.2 Å². The third kappa shape index (κ3) is 4.48. The van der Waals surface area contributed by atoms with E-state index in [1.54, 1.807) is 0 Å². The van der Waals surface area contributed by atoms with Crippen LogP contribution in [0.3, 0.4) is 0 Å². The highest BCUT2D eigenvalue weighted by molar-refractivity contribution is 5.44. The zero-order valence-electron chi connectivity index (χ0n) is 13.1. The fraction of sp³-hybridized carbons (Fsp3) is 0.706. The molecule has 1 aliphatic heterocycles. The minimum atomic E-state index is 0.344. The normalized spacial score (nSPS) is 18.4. The van der Waals surface area contributed by atoms with Crippen LogP contribution in [0.15, 0.2) is 18.3 Å². The van der Waals surface area contributed by atoms with Crippen molar-refractivity contribution in [3.05, 3.63) is 24.0 Å². The molecule has 2 heterocycles. The maximum Gasteiger partial charge on any atom is 0.0572 e. The summed E-state index contributed by atoms with van der Waals surface area (Å²) in [5, 5.41) is 3.49. The molecule has 0 bridgehead atoms. The number of rotatable bonds is 5. The summed E-state index contributed by atoms with van der Waals surface area (Å²) < 4.78 is 0. The Labute approximate surface area is 123 Å². The van der Waals surface area contributed by atoms with E-state index in [2.05, 4.69) is 47.4 Å². The first kappa shape index (κ1) is 15.3. The number of aromatic nitrogens is 1. The van der Waals surface area contributed by atoms with Crippen LogP contribution in [0.5, 0.6) is 0 Å². The molecule has 0 spiro atoms. The molecule has 1 aromatic rings. The first-order chi connectivity index (χ1) is 9.81. The number of nitrogens with one attached hydrogen (secondary N) is 1. The van der Waals surface area contributed by atoms with Gasteiger partial charge in [-0.1, -0.05) is 26.2 Å². The van der Waals surface area contributed by atoms with Crippen LogP contribution < -0.4 is 10.2 Å². The molecule has 1 N–H and O–H groups in total. The van der Waals surface area contributed by atoms with Crippen molar-refractivity contribution in [3.63, 3.8) is 0 Å². The highest BCUT2D eigenvalue weighted by Crippen LogP contribution is 2.20. The molecule has 3 nitrogen and oxygen atoms in total. The third-order valence-corrected chi connectivity index (χ3v) is 4.14. The Morgan fingerprint density at radius 2 is 1.85 bits per heavy atom. The molecule has 0 saturated carbocycles. The van der Waals surface area contributed by atoms with Crippen LogP contribution in [0.4, 0.5) is 5.69 Å². The Hall–Kier alpha value is -1.09. The fourth-order valence-corrected chi connectivity index (χ4v) is 2.81. The van der Waals surface area contributed by atoms with Gasteiger partial charge in [0, 0.05) is 19.1 Å². The first-order valence-corrected chi connectivity index (χ1v) is 8.25. The number of pyridine rings is 1. The quantitative estimate of drug-likeness (QED) is 0.883. The molecule has 1 aliphatic rings. The smallest absolute Gasteiger partial charge is 0.0572 e. The zero-order chi connectivity index (χ0) is 14.2. The van der Waals surface area contributed by atoms with Gasteiger partial charge in [-0.25, -0.2) is 0 Å². The molecule has 1 saturated heterocycles. The molecular formula is C17H29N3. The summed E-state index contributed by atoms with van der Waals surface area (Å²) in [5.41, 5.74) is 2.44. The molecule has 3 heteroatoms. The van der Waals surface area contributed by atoms with E-state index in [0.29, 0.717) is 6.04 Å². The van der Waals surface area contributed by atoms with E-state index in [-0.39, 0.29) is 0 Å². The van der Waals surface area contributed by atoms with Crippen molar-refractivity contribution in [2.75, 3.05) is 24.5 Å². The van der Waals surface area contributed by atoms with Crippen LogP contribution in [0.1, 0.15) is 64.1 Å². The topological polar surface area (TPSA) is 28.2 Å². The monoisotopic (exact) mass is 275 g/mol. The molecule has 1 fully saturated rings. The molecule has 1 aromatic heterocycles. The van der Waals surface area contributed by atoms with Gasteiger partial charge in [-0.2, -0.15) is 0 Å². The lowest BCUT2D eigenvalue weighted by Crippen LogP contribution is -2.27. The van der Waals surface area contributed by atoms with Crippen LogP contribution in [0, 0.1) is 0 Å². The molecule has 0 radical (unpaired) electrons. The van der Waals surface area contributed by atoms with Gasteiger partial charge in [0.05, 0.1) is 17.6 Å². The highest BCUT2D eigenvalue weighted by atomic mass is 15.1. The Bertz CT molecular complexity index is 366. The second-order valence-electron chi connectivity index (χ2n) is 5.87.